The average molecular weight is 254 g/mol. The highest BCUT2D eigenvalue weighted by molar-refractivity contribution is 5.50. The van der Waals surface area contributed by atoms with Crippen molar-refractivity contribution in [3.8, 4) is 12.1 Å². The third-order valence-electron chi connectivity index (χ3n) is 3.65. The monoisotopic (exact) mass is 254 g/mol. The largest absolute Gasteiger partial charge is 0.369 e. The first-order chi connectivity index (χ1) is 9.28. The first-order valence-electron chi connectivity index (χ1n) is 6.67. The molecule has 1 saturated heterocycles. The molecule has 1 fully saturated rings. The molecule has 1 aromatic rings. The molecule has 1 heterocycles. The molecule has 4 heteroatoms. The zero-order chi connectivity index (χ0) is 13.7. The van der Waals surface area contributed by atoms with Crippen LogP contribution in [-0.4, -0.2) is 37.1 Å². The van der Waals surface area contributed by atoms with Crippen LogP contribution in [0.3, 0.4) is 0 Å². The Kier molecular flexibility index (Phi) is 4.39. The van der Waals surface area contributed by atoms with E-state index in [4.69, 9.17) is 10.5 Å². The second-order valence-corrected chi connectivity index (χ2v) is 4.73. The standard InChI is InChI=1S/C15H18N4/c1-2-14(12-17)18-7-9-19(10-8-18)15-5-3-13(11-16)4-6-15/h3-6,14H,2,7-10H2,1H3. The fourth-order valence-corrected chi connectivity index (χ4v) is 2.47. The molecule has 0 amide bonds. The van der Waals surface area contributed by atoms with Gasteiger partial charge in [0, 0.05) is 31.9 Å². The van der Waals surface area contributed by atoms with Gasteiger partial charge < -0.3 is 4.90 Å². The molecule has 0 aromatic heterocycles. The molecule has 1 aliphatic rings. The van der Waals surface area contributed by atoms with Crippen LogP contribution < -0.4 is 4.90 Å². The van der Waals surface area contributed by atoms with E-state index in [1.807, 2.05) is 24.3 Å². The fourth-order valence-electron chi connectivity index (χ4n) is 2.47. The Labute approximate surface area is 114 Å². The predicted octanol–water partition coefficient (Wildman–Crippen LogP) is 1.98. The minimum absolute atomic E-state index is 0.0446. The van der Waals surface area contributed by atoms with E-state index in [1.165, 1.54) is 0 Å². The molecule has 1 unspecified atom stereocenters. The number of benzene rings is 1. The van der Waals surface area contributed by atoms with Crippen LogP contribution in [0.25, 0.3) is 0 Å². The molecule has 0 N–H and O–H groups in total. The van der Waals surface area contributed by atoms with E-state index < -0.39 is 0 Å². The van der Waals surface area contributed by atoms with E-state index in [2.05, 4.69) is 28.9 Å². The topological polar surface area (TPSA) is 54.1 Å². The number of nitrogens with zero attached hydrogens (tertiary/aromatic N) is 4. The molecule has 19 heavy (non-hydrogen) atoms. The fraction of sp³-hybridized carbons (Fsp3) is 0.467. The molecule has 0 radical (unpaired) electrons. The maximum absolute atomic E-state index is 9.08. The van der Waals surface area contributed by atoms with E-state index in [1.54, 1.807) is 0 Å². The summed E-state index contributed by atoms with van der Waals surface area (Å²) in [5, 5.41) is 17.9. The predicted molar refractivity (Wildman–Crippen MR) is 74.6 cm³/mol. The van der Waals surface area contributed by atoms with Crippen molar-refractivity contribution in [2.45, 2.75) is 19.4 Å². The molecule has 1 aromatic carbocycles. The van der Waals surface area contributed by atoms with Crippen molar-refractivity contribution in [2.24, 2.45) is 0 Å². The van der Waals surface area contributed by atoms with Crippen LogP contribution in [-0.2, 0) is 0 Å². The molecule has 98 valence electrons. The van der Waals surface area contributed by atoms with E-state index in [9.17, 15) is 0 Å². The van der Waals surface area contributed by atoms with Gasteiger partial charge in [0.05, 0.1) is 23.7 Å². The Bertz CT molecular complexity index is 486. The molecule has 1 atom stereocenters. The van der Waals surface area contributed by atoms with E-state index in [0.717, 1.165) is 38.3 Å². The Morgan fingerprint density at radius 3 is 2.21 bits per heavy atom. The third kappa shape index (κ3) is 3.05. The van der Waals surface area contributed by atoms with Gasteiger partial charge in [-0.2, -0.15) is 10.5 Å². The molecule has 0 saturated carbocycles. The minimum Gasteiger partial charge on any atom is -0.369 e. The van der Waals surface area contributed by atoms with Gasteiger partial charge in [0.25, 0.3) is 0 Å². The summed E-state index contributed by atoms with van der Waals surface area (Å²) in [5.41, 5.74) is 1.85. The van der Waals surface area contributed by atoms with Crippen LogP contribution in [0.15, 0.2) is 24.3 Å². The molecule has 0 aliphatic carbocycles. The summed E-state index contributed by atoms with van der Waals surface area (Å²) in [6.45, 7) is 5.77. The normalized spacial score (nSPS) is 17.5. The third-order valence-corrected chi connectivity index (χ3v) is 3.65. The van der Waals surface area contributed by atoms with Crippen LogP contribution in [0, 0.1) is 22.7 Å². The number of anilines is 1. The summed E-state index contributed by atoms with van der Waals surface area (Å²) >= 11 is 0. The van der Waals surface area contributed by atoms with Gasteiger partial charge in [0.1, 0.15) is 0 Å². The Morgan fingerprint density at radius 2 is 1.74 bits per heavy atom. The molecule has 0 spiro atoms. The number of nitriles is 2. The van der Waals surface area contributed by atoms with Crippen molar-refractivity contribution in [2.75, 3.05) is 31.1 Å². The lowest BCUT2D eigenvalue weighted by Crippen LogP contribution is -2.49. The van der Waals surface area contributed by atoms with Crippen LogP contribution in [0.2, 0.25) is 0 Å². The highest BCUT2D eigenvalue weighted by Crippen LogP contribution is 2.18. The van der Waals surface area contributed by atoms with Gasteiger partial charge in [0.15, 0.2) is 0 Å². The molecular weight excluding hydrogens is 236 g/mol. The highest BCUT2D eigenvalue weighted by Gasteiger charge is 2.22. The first kappa shape index (κ1) is 13.4. The van der Waals surface area contributed by atoms with Gasteiger partial charge in [-0.3, -0.25) is 4.90 Å². The first-order valence-corrected chi connectivity index (χ1v) is 6.67. The van der Waals surface area contributed by atoms with Crippen LogP contribution >= 0.6 is 0 Å². The van der Waals surface area contributed by atoms with Gasteiger partial charge in [-0.05, 0) is 30.7 Å². The molecule has 0 bridgehead atoms. The van der Waals surface area contributed by atoms with Crippen molar-refractivity contribution in [1.82, 2.24) is 4.90 Å². The van der Waals surface area contributed by atoms with Crippen molar-refractivity contribution < 1.29 is 0 Å². The number of hydrogen-bond donors (Lipinski definition) is 0. The lowest BCUT2D eigenvalue weighted by atomic mass is 10.1. The summed E-state index contributed by atoms with van der Waals surface area (Å²) in [7, 11) is 0. The van der Waals surface area contributed by atoms with E-state index in [0.29, 0.717) is 5.56 Å². The summed E-state index contributed by atoms with van der Waals surface area (Å²) in [4.78, 5) is 4.56. The lowest BCUT2D eigenvalue weighted by Gasteiger charge is -2.37. The van der Waals surface area contributed by atoms with Gasteiger partial charge in [-0.1, -0.05) is 6.92 Å². The van der Waals surface area contributed by atoms with Crippen molar-refractivity contribution in [3.05, 3.63) is 29.8 Å². The van der Waals surface area contributed by atoms with Crippen LogP contribution in [0.1, 0.15) is 18.9 Å². The van der Waals surface area contributed by atoms with Crippen molar-refractivity contribution in [1.29, 1.82) is 10.5 Å². The Hall–Kier alpha value is -2.04. The number of rotatable bonds is 3. The molecule has 4 nitrogen and oxygen atoms in total. The minimum atomic E-state index is 0.0446. The van der Waals surface area contributed by atoms with Gasteiger partial charge in [-0.15, -0.1) is 0 Å². The Morgan fingerprint density at radius 1 is 1.11 bits per heavy atom. The van der Waals surface area contributed by atoms with E-state index >= 15 is 0 Å². The van der Waals surface area contributed by atoms with Crippen LogP contribution in [0.5, 0.6) is 0 Å². The zero-order valence-electron chi connectivity index (χ0n) is 11.2. The summed E-state index contributed by atoms with van der Waals surface area (Å²) in [6.07, 6.45) is 0.882. The zero-order valence-corrected chi connectivity index (χ0v) is 11.2. The number of piperazine rings is 1. The maximum atomic E-state index is 9.08. The number of hydrogen-bond acceptors (Lipinski definition) is 4. The molecule has 1 aliphatic heterocycles. The quantitative estimate of drug-likeness (QED) is 0.827. The van der Waals surface area contributed by atoms with Gasteiger partial charge in [-0.25, -0.2) is 0 Å². The SMILES string of the molecule is CCC(C#N)N1CCN(c2ccc(C#N)cc2)CC1. The summed E-state index contributed by atoms with van der Waals surface area (Å²) < 4.78 is 0. The van der Waals surface area contributed by atoms with Gasteiger partial charge in [0.2, 0.25) is 0 Å². The second-order valence-electron chi connectivity index (χ2n) is 4.73. The summed E-state index contributed by atoms with van der Waals surface area (Å²) in [5.74, 6) is 0. The summed E-state index contributed by atoms with van der Waals surface area (Å²) in [6, 6.07) is 12.2. The average Bonchev–Trinajstić information content (AvgIpc) is 2.49. The molecular formula is C15H18N4. The van der Waals surface area contributed by atoms with Crippen LogP contribution in [0.4, 0.5) is 5.69 Å². The lowest BCUT2D eigenvalue weighted by molar-refractivity contribution is 0.216. The maximum Gasteiger partial charge on any atom is 0.0991 e. The second kappa shape index (κ2) is 6.22. The van der Waals surface area contributed by atoms with Crippen molar-refractivity contribution >= 4 is 5.69 Å². The highest BCUT2D eigenvalue weighted by atomic mass is 15.3. The molecule has 2 rings (SSSR count). The van der Waals surface area contributed by atoms with Gasteiger partial charge >= 0.3 is 0 Å². The Balaban J connectivity index is 1.96. The smallest absolute Gasteiger partial charge is 0.0991 e. The van der Waals surface area contributed by atoms with E-state index in [-0.39, 0.29) is 6.04 Å². The van der Waals surface area contributed by atoms with Crippen molar-refractivity contribution in [3.63, 3.8) is 0 Å².